The molecule has 0 unspecified atom stereocenters. The maximum Gasteiger partial charge on any atom is 0.257 e. The lowest BCUT2D eigenvalue weighted by Crippen LogP contribution is -2.26. The molecule has 30 heavy (non-hydrogen) atoms. The predicted molar refractivity (Wildman–Crippen MR) is 113 cm³/mol. The molecule has 0 N–H and O–H groups in total. The second-order valence-electron chi connectivity index (χ2n) is 6.99. The standard InChI is InChI=1S/C23H22N4O3/c1-16-13-18(25-30-16)14-26(2)23(28)21-15-27(19-7-5-4-6-8-19)24-22(21)17-9-11-20(29-3)12-10-17/h4-13,15H,14H2,1-3H3. The number of methoxy groups -OCH3 is 1. The highest BCUT2D eigenvalue weighted by molar-refractivity contribution is 5.99. The zero-order valence-electron chi connectivity index (χ0n) is 17.1. The van der Waals surface area contributed by atoms with Crippen LogP contribution in [-0.4, -0.2) is 39.9 Å². The summed E-state index contributed by atoms with van der Waals surface area (Å²) in [5.41, 5.74) is 3.52. The molecule has 7 heteroatoms. The van der Waals surface area contributed by atoms with Crippen molar-refractivity contribution < 1.29 is 14.1 Å². The van der Waals surface area contributed by atoms with E-state index in [9.17, 15) is 4.79 Å². The fourth-order valence-electron chi connectivity index (χ4n) is 3.22. The lowest BCUT2D eigenvalue weighted by Gasteiger charge is -2.15. The van der Waals surface area contributed by atoms with Crippen LogP contribution in [0, 0.1) is 6.92 Å². The van der Waals surface area contributed by atoms with Gasteiger partial charge in [0.2, 0.25) is 0 Å². The number of carbonyl (C=O) groups excluding carboxylic acids is 1. The van der Waals surface area contributed by atoms with Gasteiger partial charge in [-0.05, 0) is 43.3 Å². The topological polar surface area (TPSA) is 73.4 Å². The summed E-state index contributed by atoms with van der Waals surface area (Å²) in [6, 6.07) is 19.0. The Labute approximate surface area is 174 Å². The van der Waals surface area contributed by atoms with Gasteiger partial charge in [-0.25, -0.2) is 4.68 Å². The molecule has 152 valence electrons. The molecule has 2 aromatic heterocycles. The zero-order valence-corrected chi connectivity index (χ0v) is 17.1. The maximum absolute atomic E-state index is 13.3. The highest BCUT2D eigenvalue weighted by Gasteiger charge is 2.22. The van der Waals surface area contributed by atoms with Gasteiger partial charge in [0.25, 0.3) is 5.91 Å². The highest BCUT2D eigenvalue weighted by Crippen LogP contribution is 2.27. The minimum absolute atomic E-state index is 0.149. The van der Waals surface area contributed by atoms with Gasteiger partial charge < -0.3 is 14.2 Å². The summed E-state index contributed by atoms with van der Waals surface area (Å²) >= 11 is 0. The van der Waals surface area contributed by atoms with Crippen molar-refractivity contribution in [3.8, 4) is 22.7 Å². The van der Waals surface area contributed by atoms with E-state index in [-0.39, 0.29) is 5.91 Å². The SMILES string of the molecule is COc1ccc(-c2nn(-c3ccccc3)cc2C(=O)N(C)Cc2cc(C)on2)cc1. The fourth-order valence-corrected chi connectivity index (χ4v) is 3.22. The first-order valence-electron chi connectivity index (χ1n) is 9.52. The lowest BCUT2D eigenvalue weighted by atomic mass is 10.1. The summed E-state index contributed by atoms with van der Waals surface area (Å²) in [4.78, 5) is 14.9. The molecule has 0 saturated carbocycles. The minimum atomic E-state index is -0.149. The Morgan fingerprint density at radius 1 is 1.13 bits per heavy atom. The number of rotatable bonds is 6. The monoisotopic (exact) mass is 402 g/mol. The second-order valence-corrected chi connectivity index (χ2v) is 6.99. The van der Waals surface area contributed by atoms with E-state index in [0.29, 0.717) is 29.3 Å². The second kappa shape index (κ2) is 8.24. The third-order valence-corrected chi connectivity index (χ3v) is 4.75. The molecule has 2 heterocycles. The number of ether oxygens (including phenoxy) is 1. The van der Waals surface area contributed by atoms with Gasteiger partial charge in [0.05, 0.1) is 24.9 Å². The number of para-hydroxylation sites is 1. The van der Waals surface area contributed by atoms with Gasteiger partial charge in [-0.15, -0.1) is 0 Å². The molecule has 0 saturated heterocycles. The van der Waals surface area contributed by atoms with Crippen LogP contribution in [0.5, 0.6) is 5.75 Å². The number of aryl methyl sites for hydroxylation is 1. The van der Waals surface area contributed by atoms with E-state index in [0.717, 1.165) is 17.0 Å². The van der Waals surface area contributed by atoms with Crippen molar-refractivity contribution >= 4 is 5.91 Å². The van der Waals surface area contributed by atoms with E-state index < -0.39 is 0 Å². The molecule has 0 atom stereocenters. The summed E-state index contributed by atoms with van der Waals surface area (Å²) in [5.74, 6) is 1.30. The van der Waals surface area contributed by atoms with Crippen molar-refractivity contribution in [2.24, 2.45) is 0 Å². The van der Waals surface area contributed by atoms with Crippen LogP contribution in [0.3, 0.4) is 0 Å². The molecule has 7 nitrogen and oxygen atoms in total. The molecular formula is C23H22N4O3. The Balaban J connectivity index is 1.72. The molecule has 0 radical (unpaired) electrons. The molecule has 2 aromatic carbocycles. The van der Waals surface area contributed by atoms with Crippen LogP contribution in [-0.2, 0) is 6.54 Å². The normalized spacial score (nSPS) is 10.8. The van der Waals surface area contributed by atoms with Crippen LogP contribution < -0.4 is 4.74 Å². The summed E-state index contributed by atoms with van der Waals surface area (Å²) < 4.78 is 12.1. The Morgan fingerprint density at radius 2 is 1.87 bits per heavy atom. The molecule has 0 aliphatic carbocycles. The summed E-state index contributed by atoms with van der Waals surface area (Å²) in [5, 5.41) is 8.70. The summed E-state index contributed by atoms with van der Waals surface area (Å²) in [6.45, 7) is 2.17. The smallest absolute Gasteiger partial charge is 0.257 e. The van der Waals surface area contributed by atoms with Crippen molar-refractivity contribution in [1.29, 1.82) is 0 Å². The minimum Gasteiger partial charge on any atom is -0.497 e. The molecule has 0 spiro atoms. The van der Waals surface area contributed by atoms with Crippen molar-refractivity contribution in [3.63, 3.8) is 0 Å². The van der Waals surface area contributed by atoms with E-state index in [2.05, 4.69) is 5.16 Å². The van der Waals surface area contributed by atoms with Crippen molar-refractivity contribution in [2.45, 2.75) is 13.5 Å². The first-order valence-corrected chi connectivity index (χ1v) is 9.52. The molecule has 4 rings (SSSR count). The maximum atomic E-state index is 13.3. The third-order valence-electron chi connectivity index (χ3n) is 4.75. The lowest BCUT2D eigenvalue weighted by molar-refractivity contribution is 0.0783. The fraction of sp³-hybridized carbons (Fsp3) is 0.174. The van der Waals surface area contributed by atoms with E-state index in [1.807, 2.05) is 67.6 Å². The number of carbonyl (C=O) groups is 1. The molecular weight excluding hydrogens is 380 g/mol. The Morgan fingerprint density at radius 3 is 2.50 bits per heavy atom. The van der Waals surface area contributed by atoms with Crippen LogP contribution in [0.15, 0.2) is 71.4 Å². The van der Waals surface area contributed by atoms with Crippen molar-refractivity contribution in [2.75, 3.05) is 14.2 Å². The first kappa shape index (κ1) is 19.4. The Kier molecular flexibility index (Phi) is 5.34. The van der Waals surface area contributed by atoms with Gasteiger partial charge in [-0.1, -0.05) is 23.4 Å². The van der Waals surface area contributed by atoms with Crippen LogP contribution in [0.2, 0.25) is 0 Å². The van der Waals surface area contributed by atoms with Gasteiger partial charge in [-0.3, -0.25) is 4.79 Å². The number of nitrogens with zero attached hydrogens (tertiary/aromatic N) is 4. The molecule has 0 aliphatic heterocycles. The average molecular weight is 402 g/mol. The van der Waals surface area contributed by atoms with E-state index in [1.165, 1.54) is 0 Å². The van der Waals surface area contributed by atoms with Crippen molar-refractivity contribution in [3.05, 3.63) is 83.9 Å². The van der Waals surface area contributed by atoms with E-state index >= 15 is 0 Å². The van der Waals surface area contributed by atoms with Crippen LogP contribution in [0.1, 0.15) is 21.8 Å². The van der Waals surface area contributed by atoms with Gasteiger partial charge in [0.1, 0.15) is 22.9 Å². The van der Waals surface area contributed by atoms with Gasteiger partial charge >= 0.3 is 0 Å². The summed E-state index contributed by atoms with van der Waals surface area (Å²) in [6.07, 6.45) is 1.77. The molecule has 1 amide bonds. The molecule has 0 bridgehead atoms. The van der Waals surface area contributed by atoms with E-state index in [1.54, 1.807) is 29.9 Å². The molecule has 0 fully saturated rings. The number of hydrogen-bond donors (Lipinski definition) is 0. The van der Waals surface area contributed by atoms with E-state index in [4.69, 9.17) is 14.4 Å². The first-order chi connectivity index (χ1) is 14.5. The Hall–Kier alpha value is -3.87. The largest absolute Gasteiger partial charge is 0.497 e. The highest BCUT2D eigenvalue weighted by atomic mass is 16.5. The number of benzene rings is 2. The quantitative estimate of drug-likeness (QED) is 0.485. The predicted octanol–water partition coefficient (Wildman–Crippen LogP) is 4.12. The molecule has 4 aromatic rings. The summed E-state index contributed by atoms with van der Waals surface area (Å²) in [7, 11) is 3.36. The van der Waals surface area contributed by atoms with Gasteiger partial charge in [-0.2, -0.15) is 5.10 Å². The number of hydrogen-bond acceptors (Lipinski definition) is 5. The van der Waals surface area contributed by atoms with Crippen LogP contribution in [0.4, 0.5) is 0 Å². The average Bonchev–Trinajstić information content (AvgIpc) is 3.40. The van der Waals surface area contributed by atoms with Crippen LogP contribution >= 0.6 is 0 Å². The number of amides is 1. The van der Waals surface area contributed by atoms with Crippen LogP contribution in [0.25, 0.3) is 16.9 Å². The molecule has 0 aliphatic rings. The Bertz CT molecular complexity index is 1150. The number of aromatic nitrogens is 3. The zero-order chi connectivity index (χ0) is 21.1. The van der Waals surface area contributed by atoms with Crippen molar-refractivity contribution in [1.82, 2.24) is 19.8 Å². The van der Waals surface area contributed by atoms with Gasteiger partial charge in [0.15, 0.2) is 0 Å². The van der Waals surface area contributed by atoms with Gasteiger partial charge in [0, 0.05) is 24.9 Å². The third kappa shape index (κ3) is 3.96.